The average Bonchev–Trinajstić information content (AvgIpc) is 3.86. The lowest BCUT2D eigenvalue weighted by Gasteiger charge is -2.32. The van der Waals surface area contributed by atoms with E-state index in [9.17, 15) is 0 Å². The standard InChI is InChI=1S/C50H38.C18H14/c1-4-16-46-35(5-2)40-20-11-13-25-47(40)50(46)45(6-3)42(41-21-12-14-26-48(41)50)32-29-33-27-30-34(31-28-33)36-23-15-24-44-39-18-8-7-17-37(39)38-19-9-10-22-43(38)49(36)44;1-3-7-15(8-4-1)17-11-13-18(14-12-17)16-9-5-2-6-10-16/h4-8,10-18,20-32H,2-3,9,19H2,1H3;1-14H/b16-4-,32-29-;. The van der Waals surface area contributed by atoms with E-state index in [0.29, 0.717) is 0 Å². The van der Waals surface area contributed by atoms with Crippen molar-refractivity contribution < 1.29 is 0 Å². The van der Waals surface area contributed by atoms with Crippen LogP contribution in [0.25, 0.3) is 78.2 Å². The summed E-state index contributed by atoms with van der Waals surface area (Å²) < 4.78 is 0. The molecule has 9 aromatic carbocycles. The molecule has 9 aromatic rings. The van der Waals surface area contributed by atoms with Crippen molar-refractivity contribution in [3.63, 3.8) is 0 Å². The molecule has 1 spiro atoms. The Labute approximate surface area is 401 Å². The Bertz CT molecular complexity index is 3490. The average molecular weight is 869 g/mol. The molecular formula is C68H52. The highest BCUT2D eigenvalue weighted by Crippen LogP contribution is 2.61. The van der Waals surface area contributed by atoms with Crippen molar-refractivity contribution in [2.75, 3.05) is 0 Å². The summed E-state index contributed by atoms with van der Waals surface area (Å²) in [5, 5.41) is 5.41. The van der Waals surface area contributed by atoms with Gasteiger partial charge < -0.3 is 0 Å². The van der Waals surface area contributed by atoms with Crippen molar-refractivity contribution >= 4 is 44.8 Å². The summed E-state index contributed by atoms with van der Waals surface area (Å²) in [7, 11) is 0. The van der Waals surface area contributed by atoms with Crippen LogP contribution in [0.5, 0.6) is 0 Å². The van der Waals surface area contributed by atoms with Crippen LogP contribution in [0.2, 0.25) is 0 Å². The number of benzene rings is 9. The lowest BCUT2D eigenvalue weighted by molar-refractivity contribution is 0.779. The van der Waals surface area contributed by atoms with E-state index in [4.69, 9.17) is 0 Å². The van der Waals surface area contributed by atoms with Gasteiger partial charge in [-0.3, -0.25) is 0 Å². The van der Waals surface area contributed by atoms with E-state index < -0.39 is 5.41 Å². The Morgan fingerprint density at radius 3 is 1.57 bits per heavy atom. The lowest BCUT2D eigenvalue weighted by Crippen LogP contribution is -2.27. The molecule has 0 N–H and O–H groups in total. The molecule has 0 aliphatic heterocycles. The van der Waals surface area contributed by atoms with Crippen LogP contribution in [0.15, 0.2) is 261 Å². The second-order valence-electron chi connectivity index (χ2n) is 17.8. The van der Waals surface area contributed by atoms with Gasteiger partial charge in [-0.2, -0.15) is 0 Å². The number of hydrogen-bond acceptors (Lipinski definition) is 0. The first kappa shape index (κ1) is 42.3. The SMILES string of the molecule is C=CC1=C(/C=C\C)C2(C(C=C)=C(/C=C\c3ccc(-c4cccc5c4c4c(c6ccccc65)CCC=C4)cc3)c3ccccc32)c2ccccc21.c1ccc(-c2ccc(-c3ccccc3)cc2)cc1. The normalized spacial score (nSPS) is 15.8. The number of rotatable bonds is 8. The van der Waals surface area contributed by atoms with Gasteiger partial charge in [0.05, 0.1) is 5.41 Å². The molecule has 3 aliphatic rings. The molecule has 324 valence electrons. The third-order valence-corrected chi connectivity index (χ3v) is 14.2. The Morgan fingerprint density at radius 1 is 0.426 bits per heavy atom. The van der Waals surface area contributed by atoms with E-state index in [1.807, 2.05) is 18.2 Å². The quantitative estimate of drug-likeness (QED) is 0.134. The van der Waals surface area contributed by atoms with Gasteiger partial charge in [0.2, 0.25) is 0 Å². The van der Waals surface area contributed by atoms with Crippen molar-refractivity contribution in [2.24, 2.45) is 0 Å². The minimum Gasteiger partial charge on any atom is -0.0987 e. The van der Waals surface area contributed by atoms with Gasteiger partial charge in [-0.25, -0.2) is 0 Å². The molecular weight excluding hydrogens is 817 g/mol. The fourth-order valence-corrected chi connectivity index (χ4v) is 11.2. The predicted molar refractivity (Wildman–Crippen MR) is 293 cm³/mol. The zero-order valence-electron chi connectivity index (χ0n) is 38.5. The van der Waals surface area contributed by atoms with Gasteiger partial charge in [0.1, 0.15) is 0 Å². The molecule has 0 bridgehead atoms. The Hall–Kier alpha value is -8.32. The molecule has 0 heteroatoms. The summed E-state index contributed by atoms with van der Waals surface area (Å²) in [6.07, 6.45) is 19.9. The molecule has 0 amide bonds. The molecule has 0 aromatic heterocycles. The zero-order chi connectivity index (χ0) is 46.0. The fraction of sp³-hybridized carbons (Fsp3) is 0.0588. The summed E-state index contributed by atoms with van der Waals surface area (Å²) in [4.78, 5) is 0. The summed E-state index contributed by atoms with van der Waals surface area (Å²) in [5.41, 5.74) is 21.1. The highest BCUT2D eigenvalue weighted by atomic mass is 14.5. The molecule has 0 saturated heterocycles. The Balaban J connectivity index is 0.000000235. The topological polar surface area (TPSA) is 0 Å². The first-order valence-corrected chi connectivity index (χ1v) is 23.8. The first-order valence-electron chi connectivity index (χ1n) is 23.8. The second kappa shape index (κ2) is 18.2. The van der Waals surface area contributed by atoms with Crippen LogP contribution in [0.1, 0.15) is 52.3 Å². The maximum atomic E-state index is 4.42. The minimum atomic E-state index is -0.444. The highest BCUT2D eigenvalue weighted by Gasteiger charge is 2.51. The summed E-state index contributed by atoms with van der Waals surface area (Å²) in [6, 6.07) is 72.1. The third-order valence-electron chi connectivity index (χ3n) is 14.2. The van der Waals surface area contributed by atoms with Crippen LogP contribution in [0, 0.1) is 0 Å². The van der Waals surface area contributed by atoms with E-state index in [0.717, 1.165) is 12.8 Å². The Kier molecular flexibility index (Phi) is 11.3. The van der Waals surface area contributed by atoms with E-state index in [2.05, 4.69) is 251 Å². The molecule has 0 fully saturated rings. The van der Waals surface area contributed by atoms with Gasteiger partial charge in [0.15, 0.2) is 0 Å². The van der Waals surface area contributed by atoms with E-state index in [1.165, 1.54) is 116 Å². The van der Waals surface area contributed by atoms with Gasteiger partial charge in [-0.05, 0) is 136 Å². The molecule has 1 unspecified atom stereocenters. The molecule has 0 nitrogen and oxygen atoms in total. The summed E-state index contributed by atoms with van der Waals surface area (Å²) >= 11 is 0. The van der Waals surface area contributed by atoms with Crippen LogP contribution in [-0.2, 0) is 11.8 Å². The maximum Gasteiger partial charge on any atom is 0.0725 e. The van der Waals surface area contributed by atoms with Crippen molar-refractivity contribution in [1.82, 2.24) is 0 Å². The number of fused-ring (bicyclic) bond motifs is 10. The van der Waals surface area contributed by atoms with Gasteiger partial charge in [0, 0.05) is 0 Å². The lowest BCUT2D eigenvalue weighted by atomic mass is 9.68. The van der Waals surface area contributed by atoms with Gasteiger partial charge >= 0.3 is 0 Å². The van der Waals surface area contributed by atoms with Crippen LogP contribution in [0.4, 0.5) is 0 Å². The minimum absolute atomic E-state index is 0.444. The molecule has 12 rings (SSSR count). The van der Waals surface area contributed by atoms with E-state index >= 15 is 0 Å². The highest BCUT2D eigenvalue weighted by molar-refractivity contribution is 6.17. The van der Waals surface area contributed by atoms with Crippen LogP contribution in [-0.4, -0.2) is 0 Å². The maximum absolute atomic E-state index is 4.42. The van der Waals surface area contributed by atoms with Gasteiger partial charge in [0.25, 0.3) is 0 Å². The monoisotopic (exact) mass is 868 g/mol. The van der Waals surface area contributed by atoms with E-state index in [1.54, 1.807) is 0 Å². The molecule has 0 heterocycles. The summed E-state index contributed by atoms with van der Waals surface area (Å²) in [6.45, 7) is 10.8. The van der Waals surface area contributed by atoms with Crippen LogP contribution in [0.3, 0.4) is 0 Å². The zero-order valence-corrected chi connectivity index (χ0v) is 38.5. The van der Waals surface area contributed by atoms with Gasteiger partial charge in [-0.1, -0.05) is 262 Å². The molecule has 0 radical (unpaired) electrons. The number of hydrogen-bond donors (Lipinski definition) is 0. The molecule has 68 heavy (non-hydrogen) atoms. The first-order chi connectivity index (χ1) is 33.6. The predicted octanol–water partition coefficient (Wildman–Crippen LogP) is 18.1. The second-order valence-corrected chi connectivity index (χ2v) is 17.8. The fourth-order valence-electron chi connectivity index (χ4n) is 11.2. The number of allylic oxidation sites excluding steroid dienone is 10. The van der Waals surface area contributed by atoms with Crippen molar-refractivity contribution in [3.8, 4) is 33.4 Å². The summed E-state index contributed by atoms with van der Waals surface area (Å²) in [5.74, 6) is 0. The largest absolute Gasteiger partial charge is 0.0987 e. The molecule has 1 atom stereocenters. The van der Waals surface area contributed by atoms with Crippen LogP contribution < -0.4 is 0 Å². The molecule has 3 aliphatic carbocycles. The van der Waals surface area contributed by atoms with Crippen molar-refractivity contribution in [1.29, 1.82) is 0 Å². The molecule has 0 saturated carbocycles. The Morgan fingerprint density at radius 2 is 0.956 bits per heavy atom. The van der Waals surface area contributed by atoms with Crippen LogP contribution >= 0.6 is 0 Å². The number of aryl methyl sites for hydroxylation is 1. The third kappa shape index (κ3) is 7.09. The van der Waals surface area contributed by atoms with E-state index in [-0.39, 0.29) is 0 Å². The van der Waals surface area contributed by atoms with Crippen molar-refractivity contribution in [2.45, 2.75) is 25.2 Å². The smallest absolute Gasteiger partial charge is 0.0725 e. The van der Waals surface area contributed by atoms with Gasteiger partial charge in [-0.15, -0.1) is 0 Å². The van der Waals surface area contributed by atoms with Crippen molar-refractivity contribution in [3.05, 3.63) is 300 Å².